The molecule has 1 aromatic carbocycles. The second-order valence-corrected chi connectivity index (χ2v) is 7.46. The van der Waals surface area contributed by atoms with Crippen LogP contribution >= 0.6 is 0 Å². The summed E-state index contributed by atoms with van der Waals surface area (Å²) in [5.41, 5.74) is 1.36. The molecule has 3 aliphatic heterocycles. The minimum Gasteiger partial charge on any atom is -0.466 e. The molecular weight excluding hydrogens is 328 g/mol. The number of piperidine rings is 1. The number of carbonyl (C=O) groups excluding carboxylic acids is 2. The SMILES string of the molecule is Cc1cc(C(=O)N2C[C@H]3CC[C@@H]2CN(C(=O)c2ccccc2)C3)c(C)o1. The summed E-state index contributed by atoms with van der Waals surface area (Å²) in [6, 6.07) is 11.3. The van der Waals surface area contributed by atoms with Gasteiger partial charge in [0.05, 0.1) is 5.56 Å². The fourth-order valence-corrected chi connectivity index (χ4v) is 4.26. The molecule has 0 aliphatic carbocycles. The summed E-state index contributed by atoms with van der Waals surface area (Å²) in [6.45, 7) is 5.73. The Morgan fingerprint density at radius 2 is 1.77 bits per heavy atom. The number of nitrogens with zero attached hydrogens (tertiary/aromatic N) is 2. The zero-order chi connectivity index (χ0) is 18.3. The van der Waals surface area contributed by atoms with Crippen molar-refractivity contribution in [2.24, 2.45) is 5.92 Å². The highest BCUT2D eigenvalue weighted by Gasteiger charge is 2.39. The summed E-state index contributed by atoms with van der Waals surface area (Å²) in [4.78, 5) is 29.9. The van der Waals surface area contributed by atoms with Crippen LogP contribution in [0, 0.1) is 19.8 Å². The fraction of sp³-hybridized carbons (Fsp3) is 0.429. The molecule has 26 heavy (non-hydrogen) atoms. The van der Waals surface area contributed by atoms with Crippen LogP contribution in [0.1, 0.15) is 45.1 Å². The van der Waals surface area contributed by atoms with Gasteiger partial charge in [0.1, 0.15) is 11.5 Å². The Morgan fingerprint density at radius 3 is 2.46 bits per heavy atom. The number of furan rings is 1. The van der Waals surface area contributed by atoms with E-state index in [1.807, 2.05) is 60.0 Å². The molecule has 2 atom stereocenters. The summed E-state index contributed by atoms with van der Waals surface area (Å²) in [7, 11) is 0. The van der Waals surface area contributed by atoms with Crippen LogP contribution in [0.15, 0.2) is 40.8 Å². The van der Waals surface area contributed by atoms with Crippen LogP contribution in [0.4, 0.5) is 0 Å². The molecule has 0 unspecified atom stereocenters. The Bertz CT molecular complexity index is 827. The molecule has 2 bridgehead atoms. The Labute approximate surface area is 153 Å². The van der Waals surface area contributed by atoms with Crippen molar-refractivity contribution >= 4 is 11.8 Å². The van der Waals surface area contributed by atoms with E-state index in [2.05, 4.69) is 0 Å². The molecule has 4 heterocycles. The molecule has 5 rings (SSSR count). The first-order valence-electron chi connectivity index (χ1n) is 9.25. The third-order valence-corrected chi connectivity index (χ3v) is 5.55. The third-order valence-electron chi connectivity index (χ3n) is 5.55. The van der Waals surface area contributed by atoms with Crippen LogP contribution in [0.3, 0.4) is 0 Å². The summed E-state index contributed by atoms with van der Waals surface area (Å²) < 4.78 is 5.54. The molecule has 1 aromatic heterocycles. The summed E-state index contributed by atoms with van der Waals surface area (Å²) in [5.74, 6) is 1.85. The molecule has 0 radical (unpaired) electrons. The zero-order valence-electron chi connectivity index (χ0n) is 15.3. The van der Waals surface area contributed by atoms with Gasteiger partial charge in [0.15, 0.2) is 0 Å². The van der Waals surface area contributed by atoms with Crippen molar-refractivity contribution in [1.29, 1.82) is 0 Å². The molecule has 5 heteroatoms. The number of hydrogen-bond donors (Lipinski definition) is 0. The molecule has 5 nitrogen and oxygen atoms in total. The average molecular weight is 352 g/mol. The Balaban J connectivity index is 1.56. The van der Waals surface area contributed by atoms with Crippen LogP contribution in [0.25, 0.3) is 0 Å². The van der Waals surface area contributed by atoms with E-state index in [-0.39, 0.29) is 17.9 Å². The van der Waals surface area contributed by atoms with Crippen molar-refractivity contribution in [2.45, 2.75) is 32.7 Å². The van der Waals surface area contributed by atoms with Crippen molar-refractivity contribution in [3.8, 4) is 0 Å². The molecule has 2 amide bonds. The topological polar surface area (TPSA) is 53.8 Å². The van der Waals surface area contributed by atoms with Gasteiger partial charge < -0.3 is 14.2 Å². The van der Waals surface area contributed by atoms with Crippen molar-refractivity contribution < 1.29 is 14.0 Å². The van der Waals surface area contributed by atoms with E-state index < -0.39 is 0 Å². The minimum absolute atomic E-state index is 0.0306. The molecule has 3 aliphatic rings. The lowest BCUT2D eigenvalue weighted by Crippen LogP contribution is -2.47. The van der Waals surface area contributed by atoms with E-state index >= 15 is 0 Å². The normalized spacial score (nSPS) is 22.4. The van der Waals surface area contributed by atoms with Gasteiger partial charge in [0.2, 0.25) is 0 Å². The standard InChI is InChI=1S/C21H24N2O3/c1-14-10-19(15(2)26-14)21(25)23-12-16-8-9-18(23)13-22(11-16)20(24)17-6-4-3-5-7-17/h3-7,10,16,18H,8-9,11-13H2,1-2H3/t16-,18+/m0/s1. The van der Waals surface area contributed by atoms with Crippen LogP contribution in [0.5, 0.6) is 0 Å². The quantitative estimate of drug-likeness (QED) is 0.833. The summed E-state index contributed by atoms with van der Waals surface area (Å²) >= 11 is 0. The number of aryl methyl sites for hydroxylation is 2. The van der Waals surface area contributed by atoms with Crippen LogP contribution in [-0.4, -0.2) is 47.3 Å². The van der Waals surface area contributed by atoms with Gasteiger partial charge in [-0.25, -0.2) is 0 Å². The lowest BCUT2D eigenvalue weighted by Gasteiger charge is -2.36. The highest BCUT2D eigenvalue weighted by molar-refractivity contribution is 5.96. The molecule has 0 spiro atoms. The maximum Gasteiger partial charge on any atom is 0.257 e. The van der Waals surface area contributed by atoms with E-state index in [0.29, 0.717) is 35.9 Å². The second-order valence-electron chi connectivity index (χ2n) is 7.46. The third kappa shape index (κ3) is 3.02. The Kier molecular flexibility index (Phi) is 4.31. The summed E-state index contributed by atoms with van der Waals surface area (Å²) in [6.07, 6.45) is 2.02. The first-order chi connectivity index (χ1) is 12.5. The molecule has 0 saturated carbocycles. The largest absolute Gasteiger partial charge is 0.466 e. The predicted molar refractivity (Wildman–Crippen MR) is 98.1 cm³/mol. The van der Waals surface area contributed by atoms with Gasteiger partial charge in [-0.3, -0.25) is 9.59 Å². The zero-order valence-corrected chi connectivity index (χ0v) is 15.3. The number of carbonyl (C=O) groups is 2. The predicted octanol–water partition coefficient (Wildman–Crippen LogP) is 3.27. The van der Waals surface area contributed by atoms with Crippen LogP contribution in [0.2, 0.25) is 0 Å². The number of amides is 2. The second kappa shape index (κ2) is 6.63. The molecular formula is C21H24N2O3. The first kappa shape index (κ1) is 16.9. The van der Waals surface area contributed by atoms with Crippen molar-refractivity contribution in [3.63, 3.8) is 0 Å². The van der Waals surface area contributed by atoms with Crippen LogP contribution < -0.4 is 0 Å². The van der Waals surface area contributed by atoms with Crippen molar-refractivity contribution in [1.82, 2.24) is 9.80 Å². The molecule has 136 valence electrons. The highest BCUT2D eigenvalue weighted by Crippen LogP contribution is 2.31. The van der Waals surface area contributed by atoms with Crippen molar-refractivity contribution in [2.75, 3.05) is 19.6 Å². The lowest BCUT2D eigenvalue weighted by atomic mass is 9.94. The summed E-state index contributed by atoms with van der Waals surface area (Å²) in [5, 5.41) is 0. The Morgan fingerprint density at radius 1 is 1.00 bits per heavy atom. The van der Waals surface area contributed by atoms with Crippen LogP contribution in [-0.2, 0) is 0 Å². The van der Waals surface area contributed by atoms with Gasteiger partial charge in [-0.2, -0.15) is 0 Å². The maximum atomic E-state index is 13.1. The number of benzene rings is 1. The van der Waals surface area contributed by atoms with E-state index in [1.54, 1.807) is 0 Å². The monoisotopic (exact) mass is 352 g/mol. The van der Waals surface area contributed by atoms with E-state index in [4.69, 9.17) is 4.42 Å². The molecule has 0 N–H and O–H groups in total. The first-order valence-corrected chi connectivity index (χ1v) is 9.25. The molecule has 2 aromatic rings. The number of hydrogen-bond acceptors (Lipinski definition) is 3. The lowest BCUT2D eigenvalue weighted by molar-refractivity contribution is 0.0572. The molecule has 3 fully saturated rings. The van der Waals surface area contributed by atoms with E-state index in [0.717, 1.165) is 25.1 Å². The maximum absolute atomic E-state index is 13.1. The minimum atomic E-state index is 0.0306. The van der Waals surface area contributed by atoms with Gasteiger partial charge in [0, 0.05) is 31.2 Å². The van der Waals surface area contributed by atoms with E-state index in [1.165, 1.54) is 0 Å². The average Bonchev–Trinajstić information content (AvgIpc) is 2.82. The number of fused-ring (bicyclic) bond motifs is 4. The Hall–Kier alpha value is -2.56. The van der Waals surface area contributed by atoms with Crippen molar-refractivity contribution in [3.05, 3.63) is 59.0 Å². The van der Waals surface area contributed by atoms with Gasteiger partial charge >= 0.3 is 0 Å². The van der Waals surface area contributed by atoms with Gasteiger partial charge in [-0.05, 0) is 50.8 Å². The molecule has 3 saturated heterocycles. The number of rotatable bonds is 2. The van der Waals surface area contributed by atoms with Gasteiger partial charge in [-0.1, -0.05) is 18.2 Å². The van der Waals surface area contributed by atoms with Gasteiger partial charge in [0.25, 0.3) is 11.8 Å². The smallest absolute Gasteiger partial charge is 0.257 e. The highest BCUT2D eigenvalue weighted by atomic mass is 16.3. The van der Waals surface area contributed by atoms with Gasteiger partial charge in [-0.15, -0.1) is 0 Å². The van der Waals surface area contributed by atoms with E-state index in [9.17, 15) is 9.59 Å². The fourth-order valence-electron chi connectivity index (χ4n) is 4.26.